The highest BCUT2D eigenvalue weighted by atomic mass is 79.9. The van der Waals surface area contributed by atoms with Gasteiger partial charge in [0.05, 0.1) is 12.2 Å². The van der Waals surface area contributed by atoms with Crippen molar-refractivity contribution in [2.45, 2.75) is 64.7 Å². The van der Waals surface area contributed by atoms with Crippen molar-refractivity contribution in [2.24, 2.45) is 0 Å². The van der Waals surface area contributed by atoms with Crippen LogP contribution in [0.2, 0.25) is 0 Å². The Morgan fingerprint density at radius 3 is 2.28 bits per heavy atom. The lowest BCUT2D eigenvalue weighted by Gasteiger charge is -2.13. The molecule has 0 unspecified atom stereocenters. The normalized spacial score (nSPS) is 10.6. The van der Waals surface area contributed by atoms with Crippen molar-refractivity contribution in [3.8, 4) is 11.5 Å². The predicted molar refractivity (Wildman–Crippen MR) is 108 cm³/mol. The van der Waals surface area contributed by atoms with Gasteiger partial charge < -0.3 is 9.84 Å². The number of Topliss-reactive ketones (excluding diaryl/α,β-unsaturated/α-hetero) is 1. The molecular weight excluding hydrogens is 380 g/mol. The Hall–Kier alpha value is -1.29. The minimum Gasteiger partial charge on any atom is -0.507 e. The Bertz CT molecular complexity index is 540. The van der Waals surface area contributed by atoms with Gasteiger partial charge in [-0.1, -0.05) is 60.5 Å². The van der Waals surface area contributed by atoms with Crippen LogP contribution in [0.25, 0.3) is 0 Å². The van der Waals surface area contributed by atoms with E-state index in [4.69, 9.17) is 4.74 Å². The summed E-state index contributed by atoms with van der Waals surface area (Å²) < 4.78 is 5.84. The minimum atomic E-state index is -0.148. The third kappa shape index (κ3) is 8.57. The second kappa shape index (κ2) is 13.0. The lowest BCUT2D eigenvalue weighted by atomic mass is 10.0. The summed E-state index contributed by atoms with van der Waals surface area (Å²) in [5.41, 5.74) is 1.23. The summed E-state index contributed by atoms with van der Waals surface area (Å²) in [4.78, 5) is 11.5. The first kappa shape index (κ1) is 21.8. The quantitative estimate of drug-likeness (QED) is 0.171. The molecule has 1 N–H and O–H groups in total. The Labute approximate surface area is 160 Å². The van der Waals surface area contributed by atoms with Crippen LogP contribution in [0.4, 0.5) is 0 Å². The van der Waals surface area contributed by atoms with E-state index in [1.165, 1.54) is 45.4 Å². The number of rotatable bonds is 14. The minimum absolute atomic E-state index is 0.0150. The van der Waals surface area contributed by atoms with E-state index in [0.29, 0.717) is 24.3 Å². The summed E-state index contributed by atoms with van der Waals surface area (Å²) in [6.45, 7) is 5.83. The fourth-order valence-electron chi connectivity index (χ4n) is 2.78. The van der Waals surface area contributed by atoms with Crippen LogP contribution in [0.5, 0.6) is 11.5 Å². The number of hydrogen-bond donors (Lipinski definition) is 1. The van der Waals surface area contributed by atoms with Crippen molar-refractivity contribution in [2.75, 3.05) is 11.9 Å². The number of phenols is 1. The maximum atomic E-state index is 11.5. The van der Waals surface area contributed by atoms with Crippen LogP contribution >= 0.6 is 15.9 Å². The van der Waals surface area contributed by atoms with Crippen LogP contribution < -0.4 is 4.74 Å². The van der Waals surface area contributed by atoms with Crippen LogP contribution in [-0.4, -0.2) is 22.8 Å². The average Bonchev–Trinajstić information content (AvgIpc) is 2.58. The van der Waals surface area contributed by atoms with Crippen LogP contribution in [0.3, 0.4) is 0 Å². The summed E-state index contributed by atoms with van der Waals surface area (Å²) in [5, 5.41) is 11.1. The van der Waals surface area contributed by atoms with E-state index in [1.54, 1.807) is 18.2 Å². The Morgan fingerprint density at radius 2 is 1.72 bits per heavy atom. The number of ether oxygens (including phenoxy) is 1. The summed E-state index contributed by atoms with van der Waals surface area (Å²) in [6.07, 6.45) is 12.3. The maximum Gasteiger partial charge on any atom is 0.163 e. The molecule has 0 saturated heterocycles. The van der Waals surface area contributed by atoms with Gasteiger partial charge in [0.25, 0.3) is 0 Å². The third-order valence-electron chi connectivity index (χ3n) is 4.21. The monoisotopic (exact) mass is 410 g/mol. The molecule has 0 aromatic heterocycles. The second-order valence-corrected chi connectivity index (χ2v) is 7.18. The number of aromatic hydroxyl groups is 1. The zero-order valence-corrected chi connectivity index (χ0v) is 16.9. The fraction of sp³-hybridized carbons (Fsp3) is 0.571. The number of carbonyl (C=O) groups excluding carboxylic acids is 1. The van der Waals surface area contributed by atoms with E-state index in [1.807, 2.05) is 0 Å². The molecule has 0 amide bonds. The average molecular weight is 411 g/mol. The second-order valence-electron chi connectivity index (χ2n) is 6.39. The van der Waals surface area contributed by atoms with Gasteiger partial charge in [-0.05, 0) is 37.8 Å². The lowest BCUT2D eigenvalue weighted by Crippen LogP contribution is -2.03. The molecule has 4 heteroatoms. The number of halogens is 1. The number of carbonyl (C=O) groups is 1. The summed E-state index contributed by atoms with van der Waals surface area (Å²) >= 11 is 3.46. The van der Waals surface area contributed by atoms with Gasteiger partial charge in [0.1, 0.15) is 11.5 Å². The van der Waals surface area contributed by atoms with Crippen molar-refractivity contribution in [1.29, 1.82) is 0 Å². The predicted octanol–water partition coefficient (Wildman–Crippen LogP) is 6.22. The smallest absolute Gasteiger partial charge is 0.163 e. The van der Waals surface area contributed by atoms with Crippen LogP contribution in [0.1, 0.15) is 74.2 Å². The van der Waals surface area contributed by atoms with Crippen LogP contribution in [0.15, 0.2) is 24.8 Å². The van der Waals surface area contributed by atoms with E-state index < -0.39 is 0 Å². The molecule has 1 rings (SSSR count). The van der Waals surface area contributed by atoms with Crippen molar-refractivity contribution in [1.82, 2.24) is 0 Å². The highest BCUT2D eigenvalue weighted by Gasteiger charge is 2.12. The standard InChI is InChI=1S/C21H31BrO3/c1-3-12-18-15-19(17(2)23)20(24)16-21(18)25-14-11-9-7-5-4-6-8-10-13-22/h3,15-16,24H,1,4-14H2,2H3. The van der Waals surface area contributed by atoms with E-state index in [0.717, 1.165) is 23.7 Å². The number of benzene rings is 1. The SMILES string of the molecule is C=CCc1cc(C(C)=O)c(O)cc1OCCCCCCCCCCBr. The van der Waals surface area contributed by atoms with Gasteiger partial charge in [-0.25, -0.2) is 0 Å². The molecule has 0 fully saturated rings. The van der Waals surface area contributed by atoms with Gasteiger partial charge in [0, 0.05) is 11.4 Å². The number of unbranched alkanes of at least 4 members (excludes halogenated alkanes) is 7. The fourth-order valence-corrected chi connectivity index (χ4v) is 3.18. The maximum absolute atomic E-state index is 11.5. The molecule has 1 aromatic carbocycles. The van der Waals surface area contributed by atoms with Gasteiger partial charge >= 0.3 is 0 Å². The third-order valence-corrected chi connectivity index (χ3v) is 4.77. The van der Waals surface area contributed by atoms with Crippen LogP contribution in [0, 0.1) is 0 Å². The van der Waals surface area contributed by atoms with Gasteiger partial charge in [-0.3, -0.25) is 4.79 Å². The number of phenolic OH excluding ortho intramolecular Hbond substituents is 1. The molecule has 0 saturated carbocycles. The highest BCUT2D eigenvalue weighted by Crippen LogP contribution is 2.29. The molecule has 0 aliphatic rings. The van der Waals surface area contributed by atoms with E-state index >= 15 is 0 Å². The first-order valence-electron chi connectivity index (χ1n) is 9.26. The summed E-state index contributed by atoms with van der Waals surface area (Å²) in [6, 6.07) is 3.26. The number of alkyl halides is 1. The molecule has 0 spiro atoms. The first-order valence-corrected chi connectivity index (χ1v) is 10.4. The van der Waals surface area contributed by atoms with Gasteiger partial charge in [-0.15, -0.1) is 6.58 Å². The molecular formula is C21H31BrO3. The van der Waals surface area contributed by atoms with Crippen molar-refractivity contribution in [3.63, 3.8) is 0 Å². The Kier molecular flexibility index (Phi) is 11.3. The molecule has 0 aliphatic carbocycles. The number of hydrogen-bond acceptors (Lipinski definition) is 3. The lowest BCUT2D eigenvalue weighted by molar-refractivity contribution is 0.101. The molecule has 0 bridgehead atoms. The molecule has 0 radical (unpaired) electrons. The van der Waals surface area contributed by atoms with Crippen LogP contribution in [-0.2, 0) is 6.42 Å². The van der Waals surface area contributed by atoms with E-state index in [9.17, 15) is 9.90 Å². The zero-order valence-electron chi connectivity index (χ0n) is 15.4. The highest BCUT2D eigenvalue weighted by molar-refractivity contribution is 9.09. The molecule has 3 nitrogen and oxygen atoms in total. The molecule has 0 heterocycles. The zero-order chi connectivity index (χ0) is 18.5. The number of ketones is 1. The Morgan fingerprint density at radius 1 is 1.12 bits per heavy atom. The molecule has 1 aromatic rings. The topological polar surface area (TPSA) is 46.5 Å². The first-order chi connectivity index (χ1) is 12.1. The summed E-state index contributed by atoms with van der Waals surface area (Å²) in [7, 11) is 0. The molecule has 0 aliphatic heterocycles. The van der Waals surface area contributed by atoms with Crippen molar-refractivity contribution < 1.29 is 14.6 Å². The van der Waals surface area contributed by atoms with Gasteiger partial charge in [0.15, 0.2) is 5.78 Å². The van der Waals surface area contributed by atoms with Crippen molar-refractivity contribution in [3.05, 3.63) is 35.9 Å². The largest absolute Gasteiger partial charge is 0.507 e. The molecule has 25 heavy (non-hydrogen) atoms. The summed E-state index contributed by atoms with van der Waals surface area (Å²) in [5.74, 6) is 0.487. The molecule has 140 valence electrons. The van der Waals surface area contributed by atoms with Gasteiger partial charge in [-0.2, -0.15) is 0 Å². The van der Waals surface area contributed by atoms with E-state index in [-0.39, 0.29) is 11.5 Å². The van der Waals surface area contributed by atoms with Gasteiger partial charge in [0.2, 0.25) is 0 Å². The van der Waals surface area contributed by atoms with Crippen molar-refractivity contribution >= 4 is 21.7 Å². The molecule has 0 atom stereocenters. The number of allylic oxidation sites excluding steroid dienone is 1. The van der Waals surface area contributed by atoms with E-state index in [2.05, 4.69) is 22.5 Å². The Balaban J connectivity index is 2.35.